The van der Waals surface area contributed by atoms with Crippen LogP contribution in [0.4, 0.5) is 0 Å². The van der Waals surface area contributed by atoms with E-state index in [0.29, 0.717) is 12.1 Å². The van der Waals surface area contributed by atoms with Crippen LogP contribution in [0.3, 0.4) is 0 Å². The zero-order valence-corrected chi connectivity index (χ0v) is 15.3. The zero-order valence-electron chi connectivity index (χ0n) is 14.5. The maximum atomic E-state index is 12.8. The molecule has 27 heavy (non-hydrogen) atoms. The third-order valence-corrected chi connectivity index (χ3v) is 5.65. The van der Waals surface area contributed by atoms with Crippen molar-refractivity contribution in [1.29, 1.82) is 0 Å². The minimum absolute atomic E-state index is 0.0503. The number of likely N-dealkylation sites (tertiary alicyclic amines) is 1. The molecule has 0 aliphatic carbocycles. The summed E-state index contributed by atoms with van der Waals surface area (Å²) in [4.78, 5) is 28.1. The van der Waals surface area contributed by atoms with Crippen molar-refractivity contribution in [1.82, 2.24) is 24.4 Å². The van der Waals surface area contributed by atoms with Crippen molar-refractivity contribution >= 4 is 28.4 Å². The Morgan fingerprint density at radius 1 is 1.15 bits per heavy atom. The van der Waals surface area contributed by atoms with Gasteiger partial charge in [0.25, 0.3) is 5.91 Å². The highest BCUT2D eigenvalue weighted by Gasteiger charge is 2.31. The van der Waals surface area contributed by atoms with Gasteiger partial charge in [0.2, 0.25) is 0 Å². The molecule has 0 spiro atoms. The number of pyridine rings is 2. The van der Waals surface area contributed by atoms with Gasteiger partial charge >= 0.3 is 0 Å². The van der Waals surface area contributed by atoms with Crippen LogP contribution < -0.4 is 0 Å². The number of thiophene rings is 1. The summed E-state index contributed by atoms with van der Waals surface area (Å²) in [5.41, 5.74) is 3.54. The minimum atomic E-state index is 0.0503. The first-order valence-corrected chi connectivity index (χ1v) is 9.80. The van der Waals surface area contributed by atoms with Crippen LogP contribution in [0.15, 0.2) is 59.7 Å². The van der Waals surface area contributed by atoms with Gasteiger partial charge in [0.15, 0.2) is 5.65 Å². The molecular formula is C20H17N5OS. The number of rotatable bonds is 3. The van der Waals surface area contributed by atoms with E-state index >= 15 is 0 Å². The molecule has 1 unspecified atom stereocenters. The molecule has 6 nitrogen and oxygen atoms in total. The third kappa shape index (κ3) is 2.80. The molecule has 0 N–H and O–H groups in total. The summed E-state index contributed by atoms with van der Waals surface area (Å²) < 4.78 is 2.21. The Hall–Kier alpha value is -3.06. The first kappa shape index (κ1) is 16.1. The average molecular weight is 375 g/mol. The normalized spacial score (nSPS) is 16.9. The maximum absolute atomic E-state index is 12.8. The summed E-state index contributed by atoms with van der Waals surface area (Å²) >= 11 is 1.65. The number of carbonyl (C=O) groups is 1. The van der Waals surface area contributed by atoms with E-state index in [1.165, 1.54) is 0 Å². The first-order chi connectivity index (χ1) is 13.3. The predicted octanol–water partition coefficient (Wildman–Crippen LogP) is 3.64. The average Bonchev–Trinajstić information content (AvgIpc) is 3.46. The monoisotopic (exact) mass is 375 g/mol. The van der Waals surface area contributed by atoms with Crippen molar-refractivity contribution in [2.75, 3.05) is 13.1 Å². The largest absolute Gasteiger partial charge is 0.336 e. The van der Waals surface area contributed by atoms with E-state index in [-0.39, 0.29) is 11.9 Å². The molecule has 0 radical (unpaired) electrons. The van der Waals surface area contributed by atoms with E-state index in [2.05, 4.69) is 31.4 Å². The second-order valence-electron chi connectivity index (χ2n) is 6.59. The molecule has 1 fully saturated rings. The van der Waals surface area contributed by atoms with Gasteiger partial charge in [0.1, 0.15) is 11.3 Å². The lowest BCUT2D eigenvalue weighted by molar-refractivity contribution is 0.0788. The Labute approximate surface area is 160 Å². The minimum Gasteiger partial charge on any atom is -0.336 e. The van der Waals surface area contributed by atoms with Crippen LogP contribution in [-0.2, 0) is 0 Å². The molecule has 1 aliphatic rings. The molecule has 1 aliphatic heterocycles. The second-order valence-corrected chi connectivity index (χ2v) is 7.37. The number of hydrogen-bond donors (Lipinski definition) is 0. The lowest BCUT2D eigenvalue weighted by Gasteiger charge is -2.18. The van der Waals surface area contributed by atoms with Crippen molar-refractivity contribution in [3.05, 3.63) is 65.2 Å². The SMILES string of the molecule is O=C(c1ccncc1)N1CCC(n2c(-c3ccsc3)nc3cccnc32)C1. The van der Waals surface area contributed by atoms with Gasteiger partial charge in [-0.15, -0.1) is 0 Å². The van der Waals surface area contributed by atoms with Gasteiger partial charge in [-0.2, -0.15) is 11.3 Å². The van der Waals surface area contributed by atoms with Crippen LogP contribution in [0.5, 0.6) is 0 Å². The molecule has 1 saturated heterocycles. The number of hydrogen-bond acceptors (Lipinski definition) is 5. The highest BCUT2D eigenvalue weighted by Crippen LogP contribution is 2.33. The van der Waals surface area contributed by atoms with Gasteiger partial charge in [-0.3, -0.25) is 9.78 Å². The van der Waals surface area contributed by atoms with Crippen LogP contribution in [0, 0.1) is 0 Å². The van der Waals surface area contributed by atoms with Gasteiger partial charge in [-0.25, -0.2) is 9.97 Å². The molecule has 1 amide bonds. The summed E-state index contributed by atoms with van der Waals surface area (Å²) in [5, 5.41) is 4.16. The molecule has 5 heterocycles. The highest BCUT2D eigenvalue weighted by molar-refractivity contribution is 7.08. The Morgan fingerprint density at radius 2 is 2.04 bits per heavy atom. The second kappa shape index (κ2) is 6.59. The molecule has 1 atom stereocenters. The van der Waals surface area contributed by atoms with Crippen molar-refractivity contribution in [2.24, 2.45) is 0 Å². The predicted molar refractivity (Wildman–Crippen MR) is 105 cm³/mol. The van der Waals surface area contributed by atoms with Gasteiger partial charge in [-0.1, -0.05) is 0 Å². The lowest BCUT2D eigenvalue weighted by Crippen LogP contribution is -2.29. The number of aromatic nitrogens is 4. The summed E-state index contributed by atoms with van der Waals surface area (Å²) in [5.74, 6) is 0.975. The Balaban J connectivity index is 1.51. The standard InChI is InChI=1S/C20H17N5OS/c26-20(14-3-8-21-9-4-14)24-10-5-16(12-24)25-18(15-6-11-27-13-15)23-17-2-1-7-22-19(17)25/h1-4,6-9,11,13,16H,5,10,12H2. The number of carbonyl (C=O) groups excluding carboxylic acids is 1. The number of amides is 1. The van der Waals surface area contributed by atoms with Gasteiger partial charge < -0.3 is 9.47 Å². The van der Waals surface area contributed by atoms with Crippen LogP contribution in [0.25, 0.3) is 22.6 Å². The van der Waals surface area contributed by atoms with Crippen molar-refractivity contribution in [2.45, 2.75) is 12.5 Å². The van der Waals surface area contributed by atoms with Gasteiger partial charge in [-0.05, 0) is 42.1 Å². The number of imidazole rings is 1. The summed E-state index contributed by atoms with van der Waals surface area (Å²) in [6, 6.07) is 9.66. The Morgan fingerprint density at radius 3 is 2.85 bits per heavy atom. The zero-order chi connectivity index (χ0) is 18.2. The van der Waals surface area contributed by atoms with E-state index < -0.39 is 0 Å². The van der Waals surface area contributed by atoms with E-state index in [9.17, 15) is 4.79 Å². The third-order valence-electron chi connectivity index (χ3n) is 4.97. The van der Waals surface area contributed by atoms with E-state index in [1.54, 1.807) is 42.1 Å². The molecule has 4 aromatic rings. The molecule has 0 saturated carbocycles. The molecule has 7 heteroatoms. The van der Waals surface area contributed by atoms with Crippen LogP contribution >= 0.6 is 11.3 Å². The first-order valence-electron chi connectivity index (χ1n) is 8.86. The number of nitrogens with zero attached hydrogens (tertiary/aromatic N) is 5. The van der Waals surface area contributed by atoms with E-state index in [1.807, 2.05) is 17.0 Å². The summed E-state index contributed by atoms with van der Waals surface area (Å²) in [6.45, 7) is 1.38. The van der Waals surface area contributed by atoms with Crippen LogP contribution in [0.1, 0.15) is 22.8 Å². The molecule has 4 aromatic heterocycles. The maximum Gasteiger partial charge on any atom is 0.254 e. The smallest absolute Gasteiger partial charge is 0.254 e. The highest BCUT2D eigenvalue weighted by atomic mass is 32.1. The summed E-state index contributed by atoms with van der Waals surface area (Å²) in [6.07, 6.45) is 5.99. The Bertz CT molecular complexity index is 1090. The fourth-order valence-corrected chi connectivity index (χ4v) is 4.32. The van der Waals surface area contributed by atoms with Gasteiger partial charge in [0, 0.05) is 48.2 Å². The van der Waals surface area contributed by atoms with E-state index in [4.69, 9.17) is 4.98 Å². The lowest BCUT2D eigenvalue weighted by atomic mass is 10.2. The molecular weight excluding hydrogens is 358 g/mol. The topological polar surface area (TPSA) is 63.9 Å². The van der Waals surface area contributed by atoms with Gasteiger partial charge in [0.05, 0.1) is 6.04 Å². The number of fused-ring (bicyclic) bond motifs is 1. The quantitative estimate of drug-likeness (QED) is 0.548. The fraction of sp³-hybridized carbons (Fsp3) is 0.200. The Kier molecular flexibility index (Phi) is 3.94. The van der Waals surface area contributed by atoms with Crippen molar-refractivity contribution in [3.63, 3.8) is 0 Å². The molecule has 0 bridgehead atoms. The van der Waals surface area contributed by atoms with Crippen LogP contribution in [0.2, 0.25) is 0 Å². The molecule has 134 valence electrons. The summed E-state index contributed by atoms with van der Waals surface area (Å²) in [7, 11) is 0. The van der Waals surface area contributed by atoms with Crippen molar-refractivity contribution in [3.8, 4) is 11.4 Å². The fourth-order valence-electron chi connectivity index (χ4n) is 3.68. The molecule has 0 aromatic carbocycles. The molecule has 5 rings (SSSR count). The van der Waals surface area contributed by atoms with E-state index in [0.717, 1.165) is 35.5 Å². The van der Waals surface area contributed by atoms with Crippen LogP contribution in [-0.4, -0.2) is 43.4 Å². The van der Waals surface area contributed by atoms with Crippen molar-refractivity contribution < 1.29 is 4.79 Å².